The van der Waals surface area contributed by atoms with Crippen LogP contribution in [0, 0.1) is 34.2 Å². The van der Waals surface area contributed by atoms with E-state index in [4.69, 9.17) is 10.3 Å². The number of nitrogens with zero attached hydrogens (tertiary/aromatic N) is 4. The van der Waals surface area contributed by atoms with Gasteiger partial charge in [-0.25, -0.2) is 13.2 Å². The van der Waals surface area contributed by atoms with Crippen LogP contribution in [-0.4, -0.2) is 62.7 Å². The third-order valence-electron chi connectivity index (χ3n) is 8.94. The zero-order valence-electron chi connectivity index (χ0n) is 23.3. The van der Waals surface area contributed by atoms with Crippen LogP contribution >= 0.6 is 0 Å². The van der Waals surface area contributed by atoms with Gasteiger partial charge < -0.3 is 15.2 Å². The molecule has 0 saturated heterocycles. The average molecular weight is 640 g/mol. The van der Waals surface area contributed by atoms with Gasteiger partial charge in [-0.1, -0.05) is 13.8 Å². The Bertz CT molecular complexity index is 1530. The molecular weight excluding hydrogens is 608 g/mol. The van der Waals surface area contributed by atoms with E-state index in [2.05, 4.69) is 10.2 Å². The molecule has 2 aromatic rings. The molecule has 2 fully saturated rings. The summed E-state index contributed by atoms with van der Waals surface area (Å²) in [6, 6.07) is 0.184. The molecule has 2 heterocycles. The zero-order chi connectivity index (χ0) is 32.1. The van der Waals surface area contributed by atoms with Gasteiger partial charge in [0.1, 0.15) is 11.6 Å². The predicted molar refractivity (Wildman–Crippen MR) is 138 cm³/mol. The van der Waals surface area contributed by atoms with Crippen LogP contribution in [0.4, 0.5) is 26.3 Å². The molecule has 1 aromatic heterocycles. The number of fused-ring (bicyclic) bond motifs is 3. The summed E-state index contributed by atoms with van der Waals surface area (Å²) in [5.74, 6) is -5.25. The van der Waals surface area contributed by atoms with Crippen molar-refractivity contribution in [3.63, 3.8) is 0 Å². The van der Waals surface area contributed by atoms with E-state index in [1.165, 1.54) is 4.90 Å². The average Bonchev–Trinajstić information content (AvgIpc) is 3.46. The summed E-state index contributed by atoms with van der Waals surface area (Å²) in [7, 11) is -4.08. The molecule has 10 nitrogen and oxygen atoms in total. The first-order chi connectivity index (χ1) is 19.7. The lowest BCUT2D eigenvalue weighted by atomic mass is 9.70. The summed E-state index contributed by atoms with van der Waals surface area (Å²) in [6.45, 7) is 3.59. The summed E-state index contributed by atoms with van der Waals surface area (Å²) in [5, 5.41) is 6.60. The van der Waals surface area contributed by atoms with Crippen molar-refractivity contribution in [2.45, 2.75) is 71.3 Å². The van der Waals surface area contributed by atoms with Crippen LogP contribution in [-0.2, 0) is 45.4 Å². The van der Waals surface area contributed by atoms with Crippen LogP contribution in [0.25, 0.3) is 0 Å². The zero-order valence-corrected chi connectivity index (χ0v) is 24.1. The Kier molecular flexibility index (Phi) is 8.76. The molecule has 1 aromatic carbocycles. The van der Waals surface area contributed by atoms with Crippen molar-refractivity contribution in [1.82, 2.24) is 19.7 Å². The Hall–Kier alpha value is -3.05. The van der Waals surface area contributed by atoms with E-state index in [-0.39, 0.29) is 61.0 Å². The highest BCUT2D eigenvalue weighted by molar-refractivity contribution is 7.85. The Balaban J connectivity index is 0.000000237. The molecule has 0 radical (unpaired) electrons. The second-order valence-corrected chi connectivity index (χ2v) is 13.3. The van der Waals surface area contributed by atoms with Crippen molar-refractivity contribution in [2.75, 3.05) is 12.3 Å². The Morgan fingerprint density at radius 3 is 2.35 bits per heavy atom. The Morgan fingerprint density at radius 2 is 1.79 bits per heavy atom. The molecule has 238 valence electrons. The number of rotatable bonds is 6. The molecule has 2 saturated carbocycles. The molecule has 0 unspecified atom stereocenters. The molecule has 0 spiro atoms. The van der Waals surface area contributed by atoms with Crippen LogP contribution in [0.5, 0.6) is 0 Å². The van der Waals surface area contributed by atoms with Crippen molar-refractivity contribution in [3.8, 4) is 0 Å². The fourth-order valence-electron chi connectivity index (χ4n) is 6.43. The normalized spacial score (nSPS) is 23.5. The van der Waals surface area contributed by atoms with E-state index >= 15 is 0 Å². The van der Waals surface area contributed by atoms with E-state index in [0.29, 0.717) is 25.0 Å². The molecule has 5 rings (SSSR count). The van der Waals surface area contributed by atoms with Crippen LogP contribution in [0.15, 0.2) is 12.1 Å². The van der Waals surface area contributed by atoms with Gasteiger partial charge in [0, 0.05) is 38.0 Å². The number of ketones is 1. The number of hydrogen-bond acceptors (Lipinski definition) is 7. The van der Waals surface area contributed by atoms with Crippen LogP contribution in [0.2, 0.25) is 0 Å². The Labute approximate surface area is 243 Å². The fourth-order valence-corrected chi connectivity index (χ4v) is 7.73. The SMILES string of the molecule is CC1(C)[C@@H]2CC[C@]1(CS(=O)(=O)O)C(=O)C2.N[C@@H](CC(=O)N1CCn2c(nnc2C(F)(F)F)C1)Cc1cc(F)c(F)cc1F. The van der Waals surface area contributed by atoms with Crippen LogP contribution in [0.3, 0.4) is 0 Å². The van der Waals surface area contributed by atoms with E-state index in [1.807, 2.05) is 13.8 Å². The molecule has 2 bridgehead atoms. The minimum absolute atomic E-state index is 0.000783. The molecule has 1 amide bonds. The second kappa shape index (κ2) is 11.5. The van der Waals surface area contributed by atoms with Gasteiger partial charge in [-0.2, -0.15) is 21.6 Å². The molecule has 3 atom stereocenters. The van der Waals surface area contributed by atoms with Gasteiger partial charge >= 0.3 is 6.18 Å². The number of Topliss-reactive ketones (excluding diaryl/α,β-unsaturated/α-hetero) is 1. The monoisotopic (exact) mass is 639 g/mol. The molecule has 1 aliphatic heterocycles. The highest BCUT2D eigenvalue weighted by Crippen LogP contribution is 2.64. The van der Waals surface area contributed by atoms with Gasteiger partial charge in [-0.05, 0) is 42.2 Å². The fraction of sp³-hybridized carbons (Fsp3) is 0.615. The third-order valence-corrected chi connectivity index (χ3v) is 9.79. The molecule has 3 aliphatic rings. The van der Waals surface area contributed by atoms with Crippen molar-refractivity contribution in [2.24, 2.45) is 22.5 Å². The molecule has 3 N–H and O–H groups in total. The number of alkyl halides is 3. The third kappa shape index (κ3) is 6.57. The van der Waals surface area contributed by atoms with Crippen molar-refractivity contribution in [3.05, 3.63) is 46.8 Å². The van der Waals surface area contributed by atoms with Gasteiger partial charge in [0.15, 0.2) is 17.5 Å². The van der Waals surface area contributed by atoms with Crippen molar-refractivity contribution >= 4 is 21.8 Å². The number of carbonyl (C=O) groups excluding carboxylic acids is 2. The number of amides is 1. The van der Waals surface area contributed by atoms with Gasteiger partial charge in [0.05, 0.1) is 17.7 Å². The summed E-state index contributed by atoms with van der Waals surface area (Å²) < 4.78 is 110. The molecular formula is C26H31F6N5O5S. The quantitative estimate of drug-likeness (QED) is 0.278. The molecule has 2 aliphatic carbocycles. The topological polar surface area (TPSA) is 148 Å². The first kappa shape index (κ1) is 32.9. The van der Waals surface area contributed by atoms with Crippen molar-refractivity contribution in [1.29, 1.82) is 0 Å². The molecule has 17 heteroatoms. The first-order valence-corrected chi connectivity index (χ1v) is 15.0. The van der Waals surface area contributed by atoms with Crippen LogP contribution < -0.4 is 5.73 Å². The number of aromatic nitrogens is 3. The number of hydrogen-bond donors (Lipinski definition) is 2. The summed E-state index contributed by atoms with van der Waals surface area (Å²) in [4.78, 5) is 25.5. The van der Waals surface area contributed by atoms with Crippen LogP contribution in [0.1, 0.15) is 56.7 Å². The highest BCUT2D eigenvalue weighted by atomic mass is 32.2. The number of carbonyl (C=O) groups is 2. The van der Waals surface area contributed by atoms with E-state index in [0.717, 1.165) is 11.0 Å². The van der Waals surface area contributed by atoms with Gasteiger partial charge in [-0.15, -0.1) is 10.2 Å². The molecule has 43 heavy (non-hydrogen) atoms. The van der Waals surface area contributed by atoms with E-state index < -0.39 is 62.7 Å². The lowest BCUT2D eigenvalue weighted by Gasteiger charge is -2.35. The van der Waals surface area contributed by atoms with E-state index in [9.17, 15) is 44.3 Å². The van der Waals surface area contributed by atoms with Gasteiger partial charge in [0.2, 0.25) is 11.7 Å². The summed E-state index contributed by atoms with van der Waals surface area (Å²) >= 11 is 0. The smallest absolute Gasteiger partial charge is 0.333 e. The number of nitrogens with two attached hydrogens (primary N) is 1. The summed E-state index contributed by atoms with van der Waals surface area (Å²) in [5.41, 5.74) is 4.52. The predicted octanol–water partition coefficient (Wildman–Crippen LogP) is 3.29. The second-order valence-electron chi connectivity index (χ2n) is 11.8. The maximum atomic E-state index is 13.7. The first-order valence-electron chi connectivity index (χ1n) is 13.4. The highest BCUT2D eigenvalue weighted by Gasteiger charge is 2.65. The largest absolute Gasteiger partial charge is 0.451 e. The summed E-state index contributed by atoms with van der Waals surface area (Å²) in [6.07, 6.45) is -3.13. The lowest BCUT2D eigenvalue weighted by molar-refractivity contribution is -0.148. The number of benzene rings is 1. The van der Waals surface area contributed by atoms with E-state index in [1.54, 1.807) is 0 Å². The minimum atomic E-state index is -4.64. The Morgan fingerprint density at radius 1 is 1.14 bits per heavy atom. The van der Waals surface area contributed by atoms with Gasteiger partial charge in [0.25, 0.3) is 10.1 Å². The standard InChI is InChI=1S/C16H15F6N5O.C10H16O4S/c17-10-6-12(19)11(18)4-8(10)3-9(23)5-14(28)26-1-2-27-13(7-26)24-25-15(27)16(20,21)22;1-9(2)7-3-4-10(9,8(11)5-7)6-15(12,13)14/h4,6,9H,1-3,5,7,23H2;7H,3-6H2,1-2H3,(H,12,13,14)/t9-;7-,10+/m11/s1. The van der Waals surface area contributed by atoms with Gasteiger partial charge in [-0.3, -0.25) is 14.1 Å². The van der Waals surface area contributed by atoms with Crippen molar-refractivity contribution < 1.29 is 48.9 Å². The minimum Gasteiger partial charge on any atom is -0.333 e. The maximum absolute atomic E-state index is 13.7. The maximum Gasteiger partial charge on any atom is 0.451 e. The number of halogens is 6. The lowest BCUT2D eigenvalue weighted by Crippen LogP contribution is -2.42.